The zero-order chi connectivity index (χ0) is 20.8. The van der Waals surface area contributed by atoms with Gasteiger partial charge in [-0.3, -0.25) is 9.59 Å². The highest BCUT2D eigenvalue weighted by Gasteiger charge is 2.69. The Balaban J connectivity index is 1.91. The molecule has 0 aliphatic heterocycles. The van der Waals surface area contributed by atoms with Crippen LogP contribution in [-0.4, -0.2) is 32.2 Å². The number of ketones is 2. The van der Waals surface area contributed by atoms with Crippen LogP contribution in [0.2, 0.25) is 0 Å². The van der Waals surface area contributed by atoms with Gasteiger partial charge in [-0.2, -0.15) is 0 Å². The number of hydrogen-bond donors (Lipinski definition) is 0. The van der Waals surface area contributed by atoms with Crippen LogP contribution in [0.3, 0.4) is 0 Å². The smallest absolute Gasteiger partial charge is 0.173 e. The minimum atomic E-state index is -1.33. The van der Waals surface area contributed by atoms with Crippen LogP contribution in [0.4, 0.5) is 4.39 Å². The average Bonchev–Trinajstić information content (AvgIpc) is 2.90. The Morgan fingerprint density at radius 3 is 2.43 bits per heavy atom. The van der Waals surface area contributed by atoms with Crippen LogP contribution in [-0.2, 0) is 9.59 Å². The van der Waals surface area contributed by atoms with Gasteiger partial charge in [-0.05, 0) is 65.9 Å². The van der Waals surface area contributed by atoms with Crippen molar-refractivity contribution in [3.05, 3.63) is 11.6 Å². The first-order chi connectivity index (χ1) is 12.9. The molecule has 4 unspecified atom stereocenters. The summed E-state index contributed by atoms with van der Waals surface area (Å²) >= 11 is 11.4. The largest absolute Gasteiger partial charge is 0.296 e. The summed E-state index contributed by atoms with van der Waals surface area (Å²) in [4.78, 5) is 25.3. The lowest BCUT2D eigenvalue weighted by atomic mass is 9.41. The van der Waals surface area contributed by atoms with Crippen molar-refractivity contribution in [1.82, 2.24) is 0 Å². The highest BCUT2D eigenvalue weighted by molar-refractivity contribution is 9.12. The Labute approximate surface area is 192 Å². The maximum Gasteiger partial charge on any atom is 0.173 e. The second-order valence-electron chi connectivity index (χ2n) is 10.0. The number of rotatable bonds is 1. The summed E-state index contributed by atoms with van der Waals surface area (Å²) in [6, 6.07) is 0. The van der Waals surface area contributed by atoms with E-state index in [1.165, 1.54) is 5.57 Å². The van der Waals surface area contributed by atoms with Crippen molar-refractivity contribution in [3.8, 4) is 0 Å². The van der Waals surface area contributed by atoms with Gasteiger partial charge in [-0.25, -0.2) is 4.39 Å². The second kappa shape index (κ2) is 6.72. The molecular formula is C22H28Br3FO2. The Morgan fingerprint density at radius 1 is 1.18 bits per heavy atom. The standard InChI is InChI=1S/C22H28Br3FO2/c1-10-17-12(5-6-20(3)13(17)7-14(26)19(20)28)21(4)11(2)18(24)15(27)8-16(21)22(10,25)9-23/h8,10-14,17-18H,5-7,9H2,1-4H3/t10?,11-,12-,13-,14?,17+,18?,20-,21+,22?/m0/s1. The van der Waals surface area contributed by atoms with E-state index in [0.717, 1.165) is 12.8 Å². The molecule has 6 heteroatoms. The van der Waals surface area contributed by atoms with E-state index < -0.39 is 11.6 Å². The summed E-state index contributed by atoms with van der Waals surface area (Å²) in [5, 5.41) is 0.690. The van der Waals surface area contributed by atoms with Crippen LogP contribution in [0.25, 0.3) is 0 Å². The molecule has 28 heavy (non-hydrogen) atoms. The van der Waals surface area contributed by atoms with E-state index in [-0.39, 0.29) is 49.8 Å². The van der Waals surface area contributed by atoms with E-state index in [9.17, 15) is 14.0 Å². The molecule has 0 N–H and O–H groups in total. The van der Waals surface area contributed by atoms with Crippen LogP contribution < -0.4 is 0 Å². The van der Waals surface area contributed by atoms with Crippen molar-refractivity contribution in [2.45, 2.75) is 62.3 Å². The Hall–Kier alpha value is 0.450. The van der Waals surface area contributed by atoms with Gasteiger partial charge in [0.15, 0.2) is 17.7 Å². The molecule has 0 aromatic heterocycles. The first-order valence-electron chi connectivity index (χ1n) is 10.3. The van der Waals surface area contributed by atoms with Crippen molar-refractivity contribution in [2.24, 2.45) is 40.4 Å². The van der Waals surface area contributed by atoms with Crippen molar-refractivity contribution in [3.63, 3.8) is 0 Å². The SMILES string of the molecule is CC1[C@@H]2[C@H](CC[C@]3(C)C(=O)C(F)C[C@@H]23)[C@]2(C)C(=CC(=O)C(Br)[C@@H]2C)C1(Br)CBr. The molecule has 0 radical (unpaired) electrons. The van der Waals surface area contributed by atoms with Crippen LogP contribution in [0.1, 0.15) is 47.0 Å². The number of halogens is 4. The molecule has 0 amide bonds. The summed E-state index contributed by atoms with van der Waals surface area (Å²) in [7, 11) is 0. The summed E-state index contributed by atoms with van der Waals surface area (Å²) in [5.41, 5.74) is 0.465. The Kier molecular flexibility index (Phi) is 5.20. The van der Waals surface area contributed by atoms with Crippen LogP contribution in [0, 0.1) is 40.4 Å². The number of carbonyl (C=O) groups is 2. The molecule has 0 aromatic rings. The van der Waals surface area contributed by atoms with Gasteiger partial charge >= 0.3 is 0 Å². The molecule has 4 rings (SSSR count). The van der Waals surface area contributed by atoms with Gasteiger partial charge in [0.2, 0.25) is 0 Å². The van der Waals surface area contributed by atoms with E-state index in [2.05, 4.69) is 68.6 Å². The number of hydrogen-bond acceptors (Lipinski definition) is 2. The second-order valence-corrected chi connectivity index (χ2v) is 13.0. The van der Waals surface area contributed by atoms with E-state index in [4.69, 9.17) is 0 Å². The summed E-state index contributed by atoms with van der Waals surface area (Å²) in [5.74, 6) is 0.951. The predicted molar refractivity (Wildman–Crippen MR) is 120 cm³/mol. The third-order valence-corrected chi connectivity index (χ3v) is 13.6. The fourth-order valence-corrected chi connectivity index (χ4v) is 9.71. The van der Waals surface area contributed by atoms with Crippen LogP contribution >= 0.6 is 47.8 Å². The molecule has 3 fully saturated rings. The summed E-state index contributed by atoms with van der Waals surface area (Å²) in [6.45, 7) is 8.70. The van der Waals surface area contributed by atoms with Gasteiger partial charge in [0.05, 0.1) is 9.15 Å². The topological polar surface area (TPSA) is 34.1 Å². The van der Waals surface area contributed by atoms with Crippen LogP contribution in [0.5, 0.6) is 0 Å². The molecule has 3 saturated carbocycles. The zero-order valence-corrected chi connectivity index (χ0v) is 21.5. The predicted octanol–water partition coefficient (Wildman–Crippen LogP) is 6.04. The molecule has 0 spiro atoms. The number of fused-ring (bicyclic) bond motifs is 5. The molecule has 4 aliphatic rings. The molecule has 0 heterocycles. The number of alkyl halides is 4. The van der Waals surface area contributed by atoms with E-state index >= 15 is 0 Å². The molecule has 0 bridgehead atoms. The maximum atomic E-state index is 14.6. The fourth-order valence-electron chi connectivity index (χ4n) is 7.37. The van der Waals surface area contributed by atoms with Crippen molar-refractivity contribution < 1.29 is 14.0 Å². The lowest BCUT2D eigenvalue weighted by Crippen LogP contribution is -2.64. The number of carbonyl (C=O) groups excluding carboxylic acids is 2. The Bertz CT molecular complexity index is 769. The molecule has 4 aliphatic carbocycles. The molecular weight excluding hydrogens is 555 g/mol. The maximum absolute atomic E-state index is 14.6. The van der Waals surface area contributed by atoms with Gasteiger partial charge in [0.1, 0.15) is 0 Å². The van der Waals surface area contributed by atoms with Gasteiger partial charge < -0.3 is 0 Å². The lowest BCUT2D eigenvalue weighted by Gasteiger charge is -2.65. The van der Waals surface area contributed by atoms with E-state index in [1.54, 1.807) is 0 Å². The number of allylic oxidation sites excluding steroid dienone is 1. The molecule has 0 aromatic carbocycles. The lowest BCUT2D eigenvalue weighted by molar-refractivity contribution is -0.139. The minimum Gasteiger partial charge on any atom is -0.296 e. The minimum absolute atomic E-state index is 0.0664. The summed E-state index contributed by atoms with van der Waals surface area (Å²) < 4.78 is 14.2. The Morgan fingerprint density at radius 2 is 1.82 bits per heavy atom. The first kappa shape index (κ1) is 21.7. The molecule has 2 nitrogen and oxygen atoms in total. The van der Waals surface area contributed by atoms with Gasteiger partial charge in [-0.15, -0.1) is 0 Å². The van der Waals surface area contributed by atoms with Crippen molar-refractivity contribution >= 4 is 59.4 Å². The van der Waals surface area contributed by atoms with Crippen molar-refractivity contribution in [1.29, 1.82) is 0 Å². The quantitative estimate of drug-likeness (QED) is 0.353. The third-order valence-electron chi connectivity index (χ3n) is 9.27. The highest BCUT2D eigenvalue weighted by atomic mass is 79.9. The zero-order valence-electron chi connectivity index (χ0n) is 16.8. The monoisotopic (exact) mass is 580 g/mol. The molecule has 156 valence electrons. The number of Topliss-reactive ketones (excluding diaryl/α,β-unsaturated/α-hetero) is 1. The van der Waals surface area contributed by atoms with Gasteiger partial charge in [0, 0.05) is 10.7 Å². The van der Waals surface area contributed by atoms with Crippen LogP contribution in [0.15, 0.2) is 11.6 Å². The highest BCUT2D eigenvalue weighted by Crippen LogP contribution is 2.71. The van der Waals surface area contributed by atoms with E-state index in [0.29, 0.717) is 17.7 Å². The first-order valence-corrected chi connectivity index (χ1v) is 13.1. The third kappa shape index (κ3) is 2.46. The average molecular weight is 583 g/mol. The van der Waals surface area contributed by atoms with Gasteiger partial charge in [0.25, 0.3) is 0 Å². The molecule has 0 saturated heterocycles. The fraction of sp³-hybridized carbons (Fsp3) is 0.818. The summed E-state index contributed by atoms with van der Waals surface area (Å²) in [6.07, 6.45) is 2.57. The molecule has 10 atom stereocenters. The van der Waals surface area contributed by atoms with E-state index in [1.807, 2.05) is 13.0 Å². The van der Waals surface area contributed by atoms with Crippen molar-refractivity contribution in [2.75, 3.05) is 5.33 Å². The van der Waals surface area contributed by atoms with Gasteiger partial charge in [-0.1, -0.05) is 75.5 Å². The normalized spacial score (nSPS) is 56.0.